The van der Waals surface area contributed by atoms with E-state index in [0.717, 1.165) is 10.3 Å². The number of hydrogen-bond acceptors (Lipinski definition) is 2. The van der Waals surface area contributed by atoms with E-state index in [1.807, 2.05) is 12.1 Å². The molecule has 0 amide bonds. The molecule has 0 aliphatic carbocycles. The molecule has 3 heteroatoms. The summed E-state index contributed by atoms with van der Waals surface area (Å²) < 4.78 is 1.10. The van der Waals surface area contributed by atoms with Gasteiger partial charge in [0, 0.05) is 28.4 Å². The third kappa shape index (κ3) is 2.45. The summed E-state index contributed by atoms with van der Waals surface area (Å²) in [6, 6.07) is 4.68. The average molecular weight is 195 g/mol. The second-order valence-corrected chi connectivity index (χ2v) is 3.95. The van der Waals surface area contributed by atoms with Gasteiger partial charge in [-0.2, -0.15) is 0 Å². The van der Waals surface area contributed by atoms with E-state index in [1.165, 1.54) is 0 Å². The van der Waals surface area contributed by atoms with Crippen molar-refractivity contribution >= 4 is 0 Å². The first kappa shape index (κ1) is 11.0. The van der Waals surface area contributed by atoms with Crippen LogP contribution in [0, 0.1) is 0 Å². The lowest BCUT2D eigenvalue weighted by molar-refractivity contribution is -0.905. The Hall–Kier alpha value is -1.09. The molecule has 0 aromatic carbocycles. The van der Waals surface area contributed by atoms with Gasteiger partial charge in [-0.1, -0.05) is 0 Å². The Bertz CT molecular complexity index is 299. The summed E-state index contributed by atoms with van der Waals surface area (Å²) in [5, 5.41) is 9.28. The van der Waals surface area contributed by atoms with E-state index >= 15 is 0 Å². The van der Waals surface area contributed by atoms with Crippen molar-refractivity contribution in [3.8, 4) is 0 Å². The van der Waals surface area contributed by atoms with Gasteiger partial charge in [0.2, 0.25) is 12.4 Å². The molecule has 0 saturated carbocycles. The summed E-state index contributed by atoms with van der Waals surface area (Å²) >= 11 is 0. The second kappa shape index (κ2) is 4.42. The lowest BCUT2D eigenvalue weighted by Gasteiger charge is -2.27. The molecule has 0 aliphatic rings. The SMILES string of the molecule is CC(C)N(C)C(C)c1ccc[n+](O)c1. The first-order valence-electron chi connectivity index (χ1n) is 4.94. The summed E-state index contributed by atoms with van der Waals surface area (Å²) in [5.74, 6) is 0. The topological polar surface area (TPSA) is 27.4 Å². The molecule has 3 nitrogen and oxygen atoms in total. The van der Waals surface area contributed by atoms with Gasteiger partial charge < -0.3 is 0 Å². The lowest BCUT2D eigenvalue weighted by Crippen LogP contribution is -2.33. The molecule has 1 heterocycles. The van der Waals surface area contributed by atoms with Crippen LogP contribution in [0.1, 0.15) is 32.4 Å². The standard InChI is InChI=1S/C11H19N2O/c1-9(2)12(4)10(3)11-6-5-7-13(14)8-11/h5-10,14H,1-4H3/q+1. The van der Waals surface area contributed by atoms with Crippen LogP contribution in [0.25, 0.3) is 0 Å². The van der Waals surface area contributed by atoms with Gasteiger partial charge in [-0.25, -0.2) is 0 Å². The maximum Gasteiger partial charge on any atom is 0.227 e. The van der Waals surface area contributed by atoms with E-state index in [-0.39, 0.29) is 0 Å². The van der Waals surface area contributed by atoms with E-state index in [2.05, 4.69) is 32.7 Å². The van der Waals surface area contributed by atoms with Crippen molar-refractivity contribution in [3.63, 3.8) is 0 Å². The van der Waals surface area contributed by atoms with Gasteiger partial charge in [0.1, 0.15) is 0 Å². The van der Waals surface area contributed by atoms with Crippen molar-refractivity contribution in [3.05, 3.63) is 30.1 Å². The zero-order chi connectivity index (χ0) is 10.7. The van der Waals surface area contributed by atoms with Crippen LogP contribution in [0.15, 0.2) is 24.5 Å². The van der Waals surface area contributed by atoms with Crippen LogP contribution in [0.4, 0.5) is 0 Å². The second-order valence-electron chi connectivity index (χ2n) is 3.95. The Labute approximate surface area is 85.6 Å². The van der Waals surface area contributed by atoms with E-state index in [0.29, 0.717) is 12.1 Å². The van der Waals surface area contributed by atoms with Crippen molar-refractivity contribution < 1.29 is 9.94 Å². The van der Waals surface area contributed by atoms with Gasteiger partial charge in [0.15, 0.2) is 0 Å². The Morgan fingerprint density at radius 1 is 1.36 bits per heavy atom. The third-order valence-corrected chi connectivity index (χ3v) is 2.72. The van der Waals surface area contributed by atoms with Crippen molar-refractivity contribution in [1.82, 2.24) is 4.90 Å². The monoisotopic (exact) mass is 195 g/mol. The summed E-state index contributed by atoms with van der Waals surface area (Å²) in [6.45, 7) is 6.45. The van der Waals surface area contributed by atoms with Crippen molar-refractivity contribution in [2.45, 2.75) is 32.9 Å². The predicted octanol–water partition coefficient (Wildman–Crippen LogP) is 1.61. The smallest absolute Gasteiger partial charge is 0.227 e. The highest BCUT2D eigenvalue weighted by molar-refractivity contribution is 5.10. The first-order valence-corrected chi connectivity index (χ1v) is 4.94. The van der Waals surface area contributed by atoms with Crippen LogP contribution < -0.4 is 4.73 Å². The molecule has 0 spiro atoms. The predicted molar refractivity (Wildman–Crippen MR) is 55.1 cm³/mol. The molecule has 78 valence electrons. The van der Waals surface area contributed by atoms with Crippen LogP contribution >= 0.6 is 0 Å². The summed E-state index contributed by atoms with van der Waals surface area (Å²) in [6.07, 6.45) is 3.36. The molecule has 1 rings (SSSR count). The number of rotatable bonds is 3. The van der Waals surface area contributed by atoms with E-state index in [1.54, 1.807) is 12.4 Å². The van der Waals surface area contributed by atoms with Crippen LogP contribution in [0.2, 0.25) is 0 Å². The van der Waals surface area contributed by atoms with Crippen molar-refractivity contribution in [2.75, 3.05) is 7.05 Å². The molecule has 0 fully saturated rings. The highest BCUT2D eigenvalue weighted by atomic mass is 16.5. The summed E-state index contributed by atoms with van der Waals surface area (Å²) in [4.78, 5) is 2.26. The number of nitrogens with zero attached hydrogens (tertiary/aromatic N) is 2. The minimum Gasteiger partial charge on any atom is -0.297 e. The van der Waals surface area contributed by atoms with Crippen LogP contribution in [0.3, 0.4) is 0 Å². The van der Waals surface area contributed by atoms with Gasteiger partial charge >= 0.3 is 0 Å². The fourth-order valence-electron chi connectivity index (χ4n) is 1.41. The highest BCUT2D eigenvalue weighted by Crippen LogP contribution is 2.18. The lowest BCUT2D eigenvalue weighted by atomic mass is 10.1. The molecule has 0 bridgehead atoms. The Balaban J connectivity index is 2.83. The molecule has 0 radical (unpaired) electrons. The number of aromatic nitrogens is 1. The van der Waals surface area contributed by atoms with Gasteiger partial charge in [-0.15, -0.1) is 0 Å². The highest BCUT2D eigenvalue weighted by Gasteiger charge is 2.16. The fraction of sp³-hybridized carbons (Fsp3) is 0.545. The molecule has 14 heavy (non-hydrogen) atoms. The van der Waals surface area contributed by atoms with Crippen LogP contribution in [0.5, 0.6) is 0 Å². The molecule has 0 saturated heterocycles. The molecular weight excluding hydrogens is 176 g/mol. The quantitative estimate of drug-likeness (QED) is 0.586. The van der Waals surface area contributed by atoms with Crippen molar-refractivity contribution in [1.29, 1.82) is 0 Å². The number of pyridine rings is 1. The van der Waals surface area contributed by atoms with Crippen molar-refractivity contribution in [2.24, 2.45) is 0 Å². The minimum absolute atomic E-state index is 0.314. The van der Waals surface area contributed by atoms with Gasteiger partial charge in [0.25, 0.3) is 0 Å². The Kier molecular flexibility index (Phi) is 3.47. The van der Waals surface area contributed by atoms with Gasteiger partial charge in [-0.05, 0) is 33.9 Å². The van der Waals surface area contributed by atoms with Crippen LogP contribution in [-0.2, 0) is 0 Å². The van der Waals surface area contributed by atoms with Gasteiger partial charge in [0.05, 0.1) is 0 Å². The molecule has 1 atom stereocenters. The zero-order valence-electron chi connectivity index (χ0n) is 9.31. The van der Waals surface area contributed by atoms with E-state index in [4.69, 9.17) is 0 Å². The molecule has 1 N–H and O–H groups in total. The van der Waals surface area contributed by atoms with Gasteiger partial charge in [-0.3, -0.25) is 10.1 Å². The Morgan fingerprint density at radius 3 is 2.50 bits per heavy atom. The molecule has 1 aromatic heterocycles. The Morgan fingerprint density at radius 2 is 2.00 bits per heavy atom. The summed E-state index contributed by atoms with van der Waals surface area (Å²) in [5.41, 5.74) is 1.12. The molecule has 1 unspecified atom stereocenters. The maximum absolute atomic E-state index is 9.28. The maximum atomic E-state index is 9.28. The molecular formula is C11H19N2O+. The largest absolute Gasteiger partial charge is 0.297 e. The fourth-order valence-corrected chi connectivity index (χ4v) is 1.41. The first-order chi connectivity index (χ1) is 6.52. The summed E-state index contributed by atoms with van der Waals surface area (Å²) in [7, 11) is 2.09. The average Bonchev–Trinajstić information content (AvgIpc) is 2.15. The minimum atomic E-state index is 0.314. The molecule has 1 aromatic rings. The normalized spacial score (nSPS) is 13.6. The molecule has 0 aliphatic heterocycles. The number of hydrogen-bond donors (Lipinski definition) is 1. The third-order valence-electron chi connectivity index (χ3n) is 2.72. The van der Waals surface area contributed by atoms with E-state index < -0.39 is 0 Å². The van der Waals surface area contributed by atoms with Crippen LogP contribution in [-0.4, -0.2) is 23.2 Å². The van der Waals surface area contributed by atoms with E-state index in [9.17, 15) is 5.21 Å². The zero-order valence-corrected chi connectivity index (χ0v) is 9.31.